The van der Waals surface area contributed by atoms with Crippen LogP contribution in [0.3, 0.4) is 0 Å². The molecule has 1 fully saturated rings. The van der Waals surface area contributed by atoms with Gasteiger partial charge in [-0.3, -0.25) is 14.3 Å². The van der Waals surface area contributed by atoms with E-state index < -0.39 is 5.97 Å². The number of rotatable bonds is 4. The summed E-state index contributed by atoms with van der Waals surface area (Å²) in [5, 5.41) is 6.64. The second-order valence-electron chi connectivity index (χ2n) is 3.99. The number of hydrogen-bond acceptors (Lipinski definition) is 5. The topological polar surface area (TPSA) is 82.5 Å². The third-order valence-electron chi connectivity index (χ3n) is 2.64. The van der Waals surface area contributed by atoms with E-state index in [4.69, 9.17) is 4.74 Å². The number of esters is 1. The number of nitrogens with one attached hydrogen (secondary N) is 1. The van der Waals surface area contributed by atoms with E-state index in [9.17, 15) is 9.59 Å². The van der Waals surface area contributed by atoms with Crippen molar-refractivity contribution in [3.63, 3.8) is 0 Å². The highest BCUT2D eigenvalue weighted by Crippen LogP contribution is 2.14. The maximum absolute atomic E-state index is 11.7. The standard InChI is InChI=1S/C11H15N3O4/c1-17-10(15)7-14-6-8(5-12-14)13-11(16)9-3-2-4-18-9/h5-6,9H,2-4,7H2,1H3,(H,13,16)/t9-/m0/s1. The van der Waals surface area contributed by atoms with Crippen LogP contribution < -0.4 is 5.32 Å². The molecule has 1 aliphatic heterocycles. The van der Waals surface area contributed by atoms with Crippen molar-refractivity contribution in [2.75, 3.05) is 19.0 Å². The van der Waals surface area contributed by atoms with Crippen molar-refractivity contribution < 1.29 is 19.1 Å². The Labute approximate surface area is 104 Å². The van der Waals surface area contributed by atoms with Crippen LogP contribution in [-0.4, -0.2) is 41.5 Å². The van der Waals surface area contributed by atoms with Crippen molar-refractivity contribution in [1.82, 2.24) is 9.78 Å². The number of anilines is 1. The van der Waals surface area contributed by atoms with Gasteiger partial charge in [-0.1, -0.05) is 0 Å². The molecule has 0 bridgehead atoms. The van der Waals surface area contributed by atoms with Gasteiger partial charge in [-0.05, 0) is 12.8 Å². The predicted octanol–water partition coefficient (Wildman–Crippen LogP) is 0.174. The lowest BCUT2D eigenvalue weighted by Gasteiger charge is -2.08. The maximum atomic E-state index is 11.7. The smallest absolute Gasteiger partial charge is 0.327 e. The van der Waals surface area contributed by atoms with Crippen LogP contribution in [-0.2, 0) is 25.6 Å². The second-order valence-corrected chi connectivity index (χ2v) is 3.99. The number of amides is 1. The van der Waals surface area contributed by atoms with Crippen molar-refractivity contribution in [3.8, 4) is 0 Å². The number of carbonyl (C=O) groups excluding carboxylic acids is 2. The molecule has 1 saturated heterocycles. The summed E-state index contributed by atoms with van der Waals surface area (Å²) in [6.07, 6.45) is 4.32. The molecule has 98 valence electrons. The Bertz CT molecular complexity index is 437. The molecule has 18 heavy (non-hydrogen) atoms. The largest absolute Gasteiger partial charge is 0.468 e. The first-order chi connectivity index (χ1) is 8.69. The molecule has 2 rings (SSSR count). The van der Waals surface area contributed by atoms with Crippen molar-refractivity contribution in [1.29, 1.82) is 0 Å². The van der Waals surface area contributed by atoms with Crippen LogP contribution in [0.1, 0.15) is 12.8 Å². The van der Waals surface area contributed by atoms with Gasteiger partial charge in [-0.25, -0.2) is 0 Å². The molecular formula is C11H15N3O4. The minimum atomic E-state index is -0.393. The van der Waals surface area contributed by atoms with E-state index in [-0.39, 0.29) is 18.6 Å². The van der Waals surface area contributed by atoms with E-state index in [0.29, 0.717) is 12.3 Å². The highest BCUT2D eigenvalue weighted by Gasteiger charge is 2.23. The molecule has 1 aromatic rings. The summed E-state index contributed by atoms with van der Waals surface area (Å²) in [6, 6.07) is 0. The van der Waals surface area contributed by atoms with Crippen LogP contribution in [0.2, 0.25) is 0 Å². The van der Waals surface area contributed by atoms with Crippen LogP contribution in [0.5, 0.6) is 0 Å². The maximum Gasteiger partial charge on any atom is 0.327 e. The third kappa shape index (κ3) is 3.07. The molecule has 1 aliphatic rings. The van der Waals surface area contributed by atoms with Gasteiger partial charge in [0.05, 0.1) is 19.0 Å². The molecular weight excluding hydrogens is 238 g/mol. The highest BCUT2D eigenvalue weighted by molar-refractivity contribution is 5.94. The van der Waals surface area contributed by atoms with Gasteiger partial charge in [-0.2, -0.15) is 5.10 Å². The third-order valence-corrected chi connectivity index (χ3v) is 2.64. The number of ether oxygens (including phenoxy) is 2. The van der Waals surface area contributed by atoms with Crippen LogP contribution in [0, 0.1) is 0 Å². The molecule has 0 aromatic carbocycles. The quantitative estimate of drug-likeness (QED) is 0.774. The van der Waals surface area contributed by atoms with Crippen LogP contribution in [0.15, 0.2) is 12.4 Å². The molecule has 1 aromatic heterocycles. The summed E-state index contributed by atoms with van der Waals surface area (Å²) < 4.78 is 11.2. The second kappa shape index (κ2) is 5.63. The average Bonchev–Trinajstić information content (AvgIpc) is 3.00. The molecule has 0 unspecified atom stereocenters. The van der Waals surface area contributed by atoms with Gasteiger partial charge in [0.2, 0.25) is 0 Å². The van der Waals surface area contributed by atoms with Crippen LogP contribution >= 0.6 is 0 Å². The molecule has 1 atom stereocenters. The average molecular weight is 253 g/mol. The molecule has 1 N–H and O–H groups in total. The van der Waals surface area contributed by atoms with Gasteiger partial charge in [0.1, 0.15) is 12.6 Å². The number of aromatic nitrogens is 2. The Balaban J connectivity index is 1.89. The molecule has 7 heteroatoms. The summed E-state index contributed by atoms with van der Waals surface area (Å²) in [5.74, 6) is -0.569. The van der Waals surface area contributed by atoms with Gasteiger partial charge in [0.15, 0.2) is 0 Å². The number of hydrogen-bond donors (Lipinski definition) is 1. The monoisotopic (exact) mass is 253 g/mol. The van der Waals surface area contributed by atoms with Crippen LogP contribution in [0.25, 0.3) is 0 Å². The normalized spacial score (nSPS) is 18.6. The van der Waals surface area contributed by atoms with Crippen LogP contribution in [0.4, 0.5) is 5.69 Å². The number of methoxy groups -OCH3 is 1. The predicted molar refractivity (Wildman–Crippen MR) is 61.8 cm³/mol. The van der Waals surface area contributed by atoms with Crippen molar-refractivity contribution in [3.05, 3.63) is 12.4 Å². The highest BCUT2D eigenvalue weighted by atomic mass is 16.5. The Morgan fingerprint density at radius 3 is 3.17 bits per heavy atom. The minimum absolute atomic E-state index is 0.0201. The van der Waals surface area contributed by atoms with E-state index in [1.54, 1.807) is 6.20 Å². The summed E-state index contributed by atoms with van der Waals surface area (Å²) in [4.78, 5) is 22.8. The first-order valence-electron chi connectivity index (χ1n) is 5.71. The van der Waals surface area contributed by atoms with E-state index in [0.717, 1.165) is 12.8 Å². The minimum Gasteiger partial charge on any atom is -0.468 e. The van der Waals surface area contributed by atoms with Gasteiger partial charge in [-0.15, -0.1) is 0 Å². The van der Waals surface area contributed by atoms with Gasteiger partial charge >= 0.3 is 5.97 Å². The fourth-order valence-corrected chi connectivity index (χ4v) is 1.72. The Hall–Kier alpha value is -1.89. The lowest BCUT2D eigenvalue weighted by atomic mass is 10.2. The first-order valence-corrected chi connectivity index (χ1v) is 5.71. The fraction of sp³-hybridized carbons (Fsp3) is 0.545. The molecule has 2 heterocycles. The number of nitrogens with zero attached hydrogens (tertiary/aromatic N) is 2. The SMILES string of the molecule is COC(=O)Cn1cc(NC(=O)[C@@H]2CCCO2)cn1. The summed E-state index contributed by atoms with van der Waals surface area (Å²) in [5.41, 5.74) is 0.541. The number of carbonyl (C=O) groups is 2. The van der Waals surface area contributed by atoms with E-state index in [2.05, 4.69) is 15.2 Å². The summed E-state index contributed by atoms with van der Waals surface area (Å²) >= 11 is 0. The summed E-state index contributed by atoms with van der Waals surface area (Å²) in [6.45, 7) is 0.645. The Morgan fingerprint density at radius 1 is 1.67 bits per heavy atom. The van der Waals surface area contributed by atoms with E-state index >= 15 is 0 Å². The van der Waals surface area contributed by atoms with Gasteiger partial charge in [0.25, 0.3) is 5.91 Å². The lowest BCUT2D eigenvalue weighted by molar-refractivity contribution is -0.141. The summed E-state index contributed by atoms with van der Waals surface area (Å²) in [7, 11) is 1.31. The Morgan fingerprint density at radius 2 is 2.50 bits per heavy atom. The molecule has 7 nitrogen and oxygen atoms in total. The lowest BCUT2D eigenvalue weighted by Crippen LogP contribution is -2.26. The van der Waals surface area contributed by atoms with E-state index in [1.165, 1.54) is 18.0 Å². The first kappa shape index (κ1) is 12.6. The molecule has 0 saturated carbocycles. The van der Waals surface area contributed by atoms with Crippen molar-refractivity contribution in [2.45, 2.75) is 25.5 Å². The molecule has 0 aliphatic carbocycles. The fourth-order valence-electron chi connectivity index (χ4n) is 1.72. The molecule has 1 amide bonds. The van der Waals surface area contributed by atoms with Crippen molar-refractivity contribution in [2.24, 2.45) is 0 Å². The zero-order chi connectivity index (χ0) is 13.0. The molecule has 0 spiro atoms. The van der Waals surface area contributed by atoms with Gasteiger partial charge < -0.3 is 14.8 Å². The zero-order valence-electron chi connectivity index (χ0n) is 10.1. The molecule has 0 radical (unpaired) electrons. The van der Waals surface area contributed by atoms with Gasteiger partial charge in [0, 0.05) is 12.8 Å². The Kier molecular flexibility index (Phi) is 3.93. The van der Waals surface area contributed by atoms with E-state index in [1.807, 2.05) is 0 Å². The van der Waals surface area contributed by atoms with Crippen molar-refractivity contribution >= 4 is 17.6 Å². The zero-order valence-corrected chi connectivity index (χ0v) is 10.1.